The zero-order valence-corrected chi connectivity index (χ0v) is 10.5. The van der Waals surface area contributed by atoms with Crippen LogP contribution < -0.4 is 10.8 Å². The number of pyridine rings is 1. The first kappa shape index (κ1) is 13.3. The first-order valence-corrected chi connectivity index (χ1v) is 6.03. The lowest BCUT2D eigenvalue weighted by Crippen LogP contribution is -2.46. The highest BCUT2D eigenvalue weighted by Crippen LogP contribution is 2.23. The SMILES string of the molecule is C[C@@H]1C[C@@H](C(=O)Nc2ccncc2)N(C(=O)NO)C1. The lowest BCUT2D eigenvalue weighted by atomic mass is 10.1. The van der Waals surface area contributed by atoms with E-state index in [4.69, 9.17) is 5.21 Å². The Morgan fingerprint density at radius 2 is 2.11 bits per heavy atom. The highest BCUT2D eigenvalue weighted by molar-refractivity contribution is 5.97. The van der Waals surface area contributed by atoms with E-state index in [-0.39, 0.29) is 11.8 Å². The van der Waals surface area contributed by atoms with E-state index in [2.05, 4.69) is 10.3 Å². The molecular weight excluding hydrogens is 248 g/mol. The second kappa shape index (κ2) is 5.66. The van der Waals surface area contributed by atoms with Gasteiger partial charge in [-0.2, -0.15) is 0 Å². The molecule has 7 heteroatoms. The van der Waals surface area contributed by atoms with Crippen molar-refractivity contribution >= 4 is 17.6 Å². The fraction of sp³-hybridized carbons (Fsp3) is 0.417. The molecule has 1 aromatic heterocycles. The van der Waals surface area contributed by atoms with Crippen LogP contribution in [0.4, 0.5) is 10.5 Å². The molecule has 0 spiro atoms. The van der Waals surface area contributed by atoms with Gasteiger partial charge in [0.25, 0.3) is 0 Å². The number of urea groups is 1. The van der Waals surface area contributed by atoms with E-state index in [1.807, 2.05) is 6.92 Å². The van der Waals surface area contributed by atoms with Crippen molar-refractivity contribution < 1.29 is 14.8 Å². The fourth-order valence-electron chi connectivity index (χ4n) is 2.24. The summed E-state index contributed by atoms with van der Waals surface area (Å²) in [5.41, 5.74) is 2.20. The van der Waals surface area contributed by atoms with Gasteiger partial charge >= 0.3 is 6.03 Å². The number of rotatable bonds is 2. The van der Waals surface area contributed by atoms with Gasteiger partial charge in [0.15, 0.2) is 0 Å². The molecule has 0 aromatic carbocycles. The number of likely N-dealkylation sites (tertiary alicyclic amines) is 1. The van der Waals surface area contributed by atoms with E-state index in [0.717, 1.165) is 0 Å². The summed E-state index contributed by atoms with van der Waals surface area (Å²) in [5.74, 6) is -0.0513. The Kier molecular flexibility index (Phi) is 3.96. The van der Waals surface area contributed by atoms with E-state index in [9.17, 15) is 9.59 Å². The number of hydroxylamine groups is 1. The molecule has 0 saturated carbocycles. The standard InChI is InChI=1S/C12H16N4O3/c1-8-6-10(16(7-8)12(18)15-19)11(17)14-9-2-4-13-5-3-9/h2-5,8,10,19H,6-7H2,1H3,(H,15,18)(H,13,14,17)/t8-,10+/m1/s1. The predicted molar refractivity (Wildman–Crippen MR) is 67.5 cm³/mol. The maximum atomic E-state index is 12.2. The Morgan fingerprint density at radius 3 is 2.74 bits per heavy atom. The number of amides is 3. The molecular formula is C12H16N4O3. The highest BCUT2D eigenvalue weighted by atomic mass is 16.5. The maximum absolute atomic E-state index is 12.2. The maximum Gasteiger partial charge on any atom is 0.341 e. The smallest absolute Gasteiger partial charge is 0.324 e. The van der Waals surface area contributed by atoms with Crippen molar-refractivity contribution in [2.75, 3.05) is 11.9 Å². The summed E-state index contributed by atoms with van der Waals surface area (Å²) in [4.78, 5) is 28.9. The molecule has 3 amide bonds. The zero-order chi connectivity index (χ0) is 13.8. The molecule has 0 aliphatic carbocycles. The number of carbonyl (C=O) groups is 2. The number of hydrogen-bond donors (Lipinski definition) is 3. The number of nitrogens with one attached hydrogen (secondary N) is 2. The van der Waals surface area contributed by atoms with Crippen molar-refractivity contribution in [1.82, 2.24) is 15.4 Å². The van der Waals surface area contributed by atoms with Crippen molar-refractivity contribution in [3.63, 3.8) is 0 Å². The van der Waals surface area contributed by atoms with Crippen LogP contribution in [0.3, 0.4) is 0 Å². The van der Waals surface area contributed by atoms with Gasteiger partial charge in [0.2, 0.25) is 5.91 Å². The van der Waals surface area contributed by atoms with Crippen molar-refractivity contribution in [2.24, 2.45) is 5.92 Å². The average Bonchev–Trinajstić information content (AvgIpc) is 2.81. The topological polar surface area (TPSA) is 94.6 Å². The van der Waals surface area contributed by atoms with Crippen LogP contribution in [-0.2, 0) is 4.79 Å². The molecule has 1 aromatic rings. The first-order chi connectivity index (χ1) is 9.11. The molecule has 1 fully saturated rings. The van der Waals surface area contributed by atoms with Gasteiger partial charge in [-0.15, -0.1) is 0 Å². The monoisotopic (exact) mass is 264 g/mol. The van der Waals surface area contributed by atoms with Crippen molar-refractivity contribution in [2.45, 2.75) is 19.4 Å². The minimum absolute atomic E-state index is 0.213. The molecule has 0 radical (unpaired) electrons. The van der Waals surface area contributed by atoms with E-state index in [1.54, 1.807) is 30.0 Å². The highest BCUT2D eigenvalue weighted by Gasteiger charge is 2.37. The second-order valence-electron chi connectivity index (χ2n) is 4.65. The third-order valence-corrected chi connectivity index (χ3v) is 3.12. The van der Waals surface area contributed by atoms with Crippen LogP contribution in [0, 0.1) is 5.92 Å². The van der Waals surface area contributed by atoms with Gasteiger partial charge in [-0.05, 0) is 24.5 Å². The number of hydrogen-bond acceptors (Lipinski definition) is 4. The average molecular weight is 264 g/mol. The first-order valence-electron chi connectivity index (χ1n) is 6.03. The Morgan fingerprint density at radius 1 is 1.42 bits per heavy atom. The zero-order valence-electron chi connectivity index (χ0n) is 10.5. The molecule has 1 aliphatic heterocycles. The van der Waals surface area contributed by atoms with Gasteiger partial charge in [0, 0.05) is 24.6 Å². The summed E-state index contributed by atoms with van der Waals surface area (Å²) in [7, 11) is 0. The van der Waals surface area contributed by atoms with Crippen LogP contribution in [0.15, 0.2) is 24.5 Å². The third kappa shape index (κ3) is 3.00. The third-order valence-electron chi connectivity index (χ3n) is 3.12. The van der Waals surface area contributed by atoms with Crippen LogP contribution in [-0.4, -0.2) is 39.6 Å². The quantitative estimate of drug-likeness (QED) is 0.544. The van der Waals surface area contributed by atoms with Crippen molar-refractivity contribution in [1.29, 1.82) is 0 Å². The molecule has 1 saturated heterocycles. The molecule has 0 bridgehead atoms. The molecule has 2 atom stereocenters. The normalized spacial score (nSPS) is 22.1. The van der Waals surface area contributed by atoms with Crippen LogP contribution in [0.2, 0.25) is 0 Å². The molecule has 2 heterocycles. The summed E-state index contributed by atoms with van der Waals surface area (Å²) < 4.78 is 0. The summed E-state index contributed by atoms with van der Waals surface area (Å²) in [5, 5.41) is 11.4. The van der Waals surface area contributed by atoms with E-state index in [0.29, 0.717) is 18.7 Å². The van der Waals surface area contributed by atoms with Crippen LogP contribution in [0.5, 0.6) is 0 Å². The Hall–Kier alpha value is -2.15. The second-order valence-corrected chi connectivity index (χ2v) is 4.65. The number of nitrogens with zero attached hydrogens (tertiary/aromatic N) is 2. The van der Waals surface area contributed by atoms with Gasteiger partial charge in [0.05, 0.1) is 0 Å². The van der Waals surface area contributed by atoms with E-state index < -0.39 is 12.1 Å². The molecule has 102 valence electrons. The summed E-state index contributed by atoms with van der Waals surface area (Å²) >= 11 is 0. The van der Waals surface area contributed by atoms with Gasteiger partial charge < -0.3 is 10.2 Å². The summed E-state index contributed by atoms with van der Waals surface area (Å²) in [6.07, 6.45) is 3.72. The number of carbonyl (C=O) groups excluding carboxylic acids is 2. The van der Waals surface area contributed by atoms with E-state index in [1.165, 1.54) is 4.90 Å². The predicted octanol–water partition coefficient (Wildman–Crippen LogP) is 0.829. The Bertz CT molecular complexity index is 465. The summed E-state index contributed by atoms with van der Waals surface area (Å²) in [6, 6.07) is 2.12. The van der Waals surface area contributed by atoms with Crippen LogP contribution in [0.25, 0.3) is 0 Å². The van der Waals surface area contributed by atoms with Crippen LogP contribution in [0.1, 0.15) is 13.3 Å². The Labute approximate surface area is 110 Å². The van der Waals surface area contributed by atoms with Gasteiger partial charge in [-0.25, -0.2) is 10.3 Å². The largest absolute Gasteiger partial charge is 0.341 e. The fourth-order valence-corrected chi connectivity index (χ4v) is 2.24. The molecule has 1 aliphatic rings. The Balaban J connectivity index is 2.07. The van der Waals surface area contributed by atoms with Crippen molar-refractivity contribution in [3.8, 4) is 0 Å². The molecule has 3 N–H and O–H groups in total. The lowest BCUT2D eigenvalue weighted by Gasteiger charge is -2.22. The van der Waals surface area contributed by atoms with E-state index >= 15 is 0 Å². The number of aromatic nitrogens is 1. The summed E-state index contributed by atoms with van der Waals surface area (Å²) in [6.45, 7) is 2.40. The minimum atomic E-state index is -0.653. The van der Waals surface area contributed by atoms with Gasteiger partial charge in [-0.1, -0.05) is 6.92 Å². The lowest BCUT2D eigenvalue weighted by molar-refractivity contribution is -0.119. The van der Waals surface area contributed by atoms with Gasteiger partial charge in [0.1, 0.15) is 6.04 Å². The molecule has 7 nitrogen and oxygen atoms in total. The van der Waals surface area contributed by atoms with Crippen molar-refractivity contribution in [3.05, 3.63) is 24.5 Å². The molecule has 2 rings (SSSR count). The number of anilines is 1. The molecule has 19 heavy (non-hydrogen) atoms. The van der Waals surface area contributed by atoms with Crippen LogP contribution >= 0.6 is 0 Å². The minimum Gasteiger partial charge on any atom is -0.324 e. The molecule has 0 unspecified atom stereocenters. The van der Waals surface area contributed by atoms with Gasteiger partial charge in [-0.3, -0.25) is 15.0 Å².